The van der Waals surface area contributed by atoms with Crippen LogP contribution in [0.15, 0.2) is 10.0 Å². The molecule has 1 atom stereocenters. The van der Waals surface area contributed by atoms with Crippen LogP contribution >= 0.6 is 11.3 Å². The van der Waals surface area contributed by atoms with Gasteiger partial charge in [0.05, 0.1) is 17.7 Å². The fourth-order valence-corrected chi connectivity index (χ4v) is 3.18. The van der Waals surface area contributed by atoms with Crippen LogP contribution in [-0.2, 0) is 17.7 Å². The second-order valence-corrected chi connectivity index (χ2v) is 6.34. The molecule has 0 amide bonds. The van der Waals surface area contributed by atoms with Crippen molar-refractivity contribution in [2.24, 2.45) is 0 Å². The molecule has 0 radical (unpaired) electrons. The van der Waals surface area contributed by atoms with Crippen LogP contribution in [0.3, 0.4) is 0 Å². The van der Waals surface area contributed by atoms with Crippen LogP contribution < -0.4 is 0 Å². The molecule has 0 unspecified atom stereocenters. The predicted octanol–water partition coefficient (Wildman–Crippen LogP) is 2.36. The lowest BCUT2D eigenvalue weighted by Gasteiger charge is -2.13. The number of aryl methyl sites for hydroxylation is 1. The van der Waals surface area contributed by atoms with Gasteiger partial charge in [0.25, 0.3) is 5.89 Å². The normalized spacial score (nSPS) is 18.7. The van der Waals surface area contributed by atoms with Crippen molar-refractivity contribution in [3.05, 3.63) is 27.8 Å². The van der Waals surface area contributed by atoms with E-state index in [1.807, 2.05) is 5.51 Å². The quantitative estimate of drug-likeness (QED) is 0.816. The smallest absolute Gasteiger partial charge is 0.255 e. The molecular formula is C14H20N4O2S. The molecule has 1 aliphatic rings. The summed E-state index contributed by atoms with van der Waals surface area (Å²) in [6.45, 7) is 4.48. The summed E-state index contributed by atoms with van der Waals surface area (Å²) in [5.41, 5.74) is 3.03. The summed E-state index contributed by atoms with van der Waals surface area (Å²) in [6.07, 6.45) is 3.04. The van der Waals surface area contributed by atoms with E-state index in [0.29, 0.717) is 12.4 Å². The van der Waals surface area contributed by atoms with E-state index in [1.54, 1.807) is 11.3 Å². The van der Waals surface area contributed by atoms with Crippen molar-refractivity contribution in [1.29, 1.82) is 0 Å². The SMILES string of the molecule is Cc1ncsc1CCN(C)Cc1noc([C@@H]2CCCO2)n1. The van der Waals surface area contributed by atoms with Gasteiger partial charge >= 0.3 is 0 Å². The van der Waals surface area contributed by atoms with Gasteiger partial charge in [-0.3, -0.25) is 4.90 Å². The zero-order chi connectivity index (χ0) is 14.7. The van der Waals surface area contributed by atoms with Gasteiger partial charge in [-0.2, -0.15) is 4.98 Å². The zero-order valence-corrected chi connectivity index (χ0v) is 13.2. The maximum Gasteiger partial charge on any atom is 0.255 e. The molecule has 0 spiro atoms. The van der Waals surface area contributed by atoms with E-state index < -0.39 is 0 Å². The van der Waals surface area contributed by atoms with Crippen LogP contribution in [0, 0.1) is 6.92 Å². The number of nitrogens with zero attached hydrogens (tertiary/aromatic N) is 4. The lowest BCUT2D eigenvalue weighted by atomic mass is 10.2. The molecule has 0 N–H and O–H groups in total. The van der Waals surface area contributed by atoms with Crippen LogP contribution in [-0.4, -0.2) is 40.2 Å². The highest BCUT2D eigenvalue weighted by molar-refractivity contribution is 7.09. The Morgan fingerprint density at radius 1 is 1.48 bits per heavy atom. The highest BCUT2D eigenvalue weighted by Crippen LogP contribution is 2.27. The van der Waals surface area contributed by atoms with Crippen molar-refractivity contribution in [1.82, 2.24) is 20.0 Å². The number of hydrogen-bond acceptors (Lipinski definition) is 7. The molecule has 0 aliphatic carbocycles. The minimum atomic E-state index is -0.00333. The molecule has 1 fully saturated rings. The Morgan fingerprint density at radius 3 is 3.10 bits per heavy atom. The van der Waals surface area contributed by atoms with Crippen molar-refractivity contribution in [2.75, 3.05) is 20.2 Å². The third-order valence-corrected chi connectivity index (χ3v) is 4.66. The Balaban J connectivity index is 1.50. The van der Waals surface area contributed by atoms with Gasteiger partial charge < -0.3 is 9.26 Å². The Morgan fingerprint density at radius 2 is 2.38 bits per heavy atom. The van der Waals surface area contributed by atoms with E-state index >= 15 is 0 Å². The molecule has 1 aliphatic heterocycles. The van der Waals surface area contributed by atoms with Crippen molar-refractivity contribution in [2.45, 2.75) is 38.8 Å². The van der Waals surface area contributed by atoms with Gasteiger partial charge in [-0.1, -0.05) is 5.16 Å². The number of ether oxygens (including phenoxy) is 1. The first-order valence-electron chi connectivity index (χ1n) is 7.24. The largest absolute Gasteiger partial charge is 0.368 e. The maximum absolute atomic E-state index is 5.55. The molecule has 0 aromatic carbocycles. The molecule has 3 heterocycles. The zero-order valence-electron chi connectivity index (χ0n) is 12.4. The molecule has 2 aromatic heterocycles. The molecule has 0 saturated carbocycles. The molecule has 6 nitrogen and oxygen atoms in total. The van der Waals surface area contributed by atoms with Gasteiger partial charge in [-0.15, -0.1) is 11.3 Å². The van der Waals surface area contributed by atoms with E-state index in [4.69, 9.17) is 9.26 Å². The fourth-order valence-electron chi connectivity index (χ4n) is 2.41. The van der Waals surface area contributed by atoms with Crippen LogP contribution in [0.4, 0.5) is 0 Å². The van der Waals surface area contributed by atoms with E-state index in [1.165, 1.54) is 4.88 Å². The summed E-state index contributed by atoms with van der Waals surface area (Å²) in [4.78, 5) is 12.3. The third kappa shape index (κ3) is 3.66. The van der Waals surface area contributed by atoms with E-state index in [9.17, 15) is 0 Å². The number of thiazole rings is 1. The highest BCUT2D eigenvalue weighted by atomic mass is 32.1. The molecule has 2 aromatic rings. The number of rotatable bonds is 6. The Kier molecular flexibility index (Phi) is 4.62. The fraction of sp³-hybridized carbons (Fsp3) is 0.643. The average Bonchev–Trinajstić information content (AvgIpc) is 3.17. The van der Waals surface area contributed by atoms with Crippen molar-refractivity contribution < 1.29 is 9.26 Å². The number of likely N-dealkylation sites (N-methyl/N-ethyl adjacent to an activating group) is 1. The minimum absolute atomic E-state index is 0.00333. The molecule has 7 heteroatoms. The summed E-state index contributed by atoms with van der Waals surface area (Å²) in [5, 5.41) is 4.05. The lowest BCUT2D eigenvalue weighted by Crippen LogP contribution is -2.21. The summed E-state index contributed by atoms with van der Waals surface area (Å²) in [6, 6.07) is 0. The monoisotopic (exact) mass is 308 g/mol. The summed E-state index contributed by atoms with van der Waals surface area (Å²) in [5.74, 6) is 1.35. The van der Waals surface area contributed by atoms with Gasteiger partial charge in [0.1, 0.15) is 6.10 Å². The first-order chi connectivity index (χ1) is 10.2. The first kappa shape index (κ1) is 14.6. The van der Waals surface area contributed by atoms with Gasteiger partial charge in [0.2, 0.25) is 0 Å². The van der Waals surface area contributed by atoms with E-state index in [2.05, 4.69) is 34.0 Å². The molecule has 114 valence electrons. The van der Waals surface area contributed by atoms with Crippen LogP contribution in [0.1, 0.15) is 41.2 Å². The maximum atomic E-state index is 5.55. The Labute approximate surface area is 128 Å². The highest BCUT2D eigenvalue weighted by Gasteiger charge is 2.24. The Hall–Kier alpha value is -1.31. The molecule has 3 rings (SSSR count). The van der Waals surface area contributed by atoms with Gasteiger partial charge in [-0.05, 0) is 33.2 Å². The first-order valence-corrected chi connectivity index (χ1v) is 8.12. The summed E-state index contributed by atoms with van der Waals surface area (Å²) in [7, 11) is 2.07. The topological polar surface area (TPSA) is 64.3 Å². The van der Waals surface area contributed by atoms with E-state index in [0.717, 1.165) is 43.9 Å². The van der Waals surface area contributed by atoms with Crippen LogP contribution in [0.2, 0.25) is 0 Å². The van der Waals surface area contributed by atoms with Gasteiger partial charge in [0, 0.05) is 18.0 Å². The number of hydrogen-bond donors (Lipinski definition) is 0. The predicted molar refractivity (Wildman–Crippen MR) is 79.1 cm³/mol. The summed E-state index contributed by atoms with van der Waals surface area (Å²) >= 11 is 1.71. The Bertz CT molecular complexity index is 577. The van der Waals surface area contributed by atoms with Crippen LogP contribution in [0.25, 0.3) is 0 Å². The van der Waals surface area contributed by atoms with Crippen molar-refractivity contribution in [3.63, 3.8) is 0 Å². The second-order valence-electron chi connectivity index (χ2n) is 5.40. The molecule has 0 bridgehead atoms. The molecular weight excluding hydrogens is 288 g/mol. The number of aromatic nitrogens is 3. The minimum Gasteiger partial charge on any atom is -0.368 e. The van der Waals surface area contributed by atoms with Crippen LogP contribution in [0.5, 0.6) is 0 Å². The lowest BCUT2D eigenvalue weighted by molar-refractivity contribution is 0.0835. The van der Waals surface area contributed by atoms with Gasteiger partial charge in [0.15, 0.2) is 5.82 Å². The van der Waals surface area contributed by atoms with Crippen molar-refractivity contribution in [3.8, 4) is 0 Å². The van der Waals surface area contributed by atoms with E-state index in [-0.39, 0.29) is 6.10 Å². The van der Waals surface area contributed by atoms with Crippen molar-refractivity contribution >= 4 is 11.3 Å². The molecule has 21 heavy (non-hydrogen) atoms. The molecule has 1 saturated heterocycles. The van der Waals surface area contributed by atoms with Gasteiger partial charge in [-0.25, -0.2) is 4.98 Å². The second kappa shape index (κ2) is 6.64. The summed E-state index contributed by atoms with van der Waals surface area (Å²) < 4.78 is 10.8. The standard InChI is InChI=1S/C14H20N4O2S/c1-10-12(21-9-15-10)5-6-18(2)8-13-16-14(20-17-13)11-4-3-7-19-11/h9,11H,3-8H2,1-2H3/t11-/m0/s1. The average molecular weight is 308 g/mol. The third-order valence-electron chi connectivity index (χ3n) is 3.67.